The Hall–Kier alpha value is -2.62. The topological polar surface area (TPSA) is 72.2 Å². The molecule has 2 aromatic carbocycles. The summed E-state index contributed by atoms with van der Waals surface area (Å²) in [6, 6.07) is 10.1. The highest BCUT2D eigenvalue weighted by Gasteiger charge is 2.35. The summed E-state index contributed by atoms with van der Waals surface area (Å²) in [6.45, 7) is 2.88. The Morgan fingerprint density at radius 1 is 1.23 bits per heavy atom. The third-order valence-electron chi connectivity index (χ3n) is 4.80. The highest BCUT2D eigenvalue weighted by atomic mass is 35.5. The van der Waals surface area contributed by atoms with Crippen molar-refractivity contribution in [1.82, 2.24) is 21.0 Å². The molecule has 30 heavy (non-hydrogen) atoms. The van der Waals surface area contributed by atoms with Crippen molar-refractivity contribution in [3.8, 4) is 17.1 Å². The third-order valence-corrected chi connectivity index (χ3v) is 5.10. The maximum atomic E-state index is 13.0. The minimum Gasteiger partial charge on any atom is -0.492 e. The molecule has 1 fully saturated rings. The molecular weight excluding hydrogens is 421 g/mol. The summed E-state index contributed by atoms with van der Waals surface area (Å²) in [4.78, 5) is 4.35. The molecule has 1 aliphatic rings. The molecule has 1 aliphatic heterocycles. The zero-order chi connectivity index (χ0) is 21.3. The quantitative estimate of drug-likeness (QED) is 0.599. The maximum Gasteiger partial charge on any atom is 0.416 e. The van der Waals surface area contributed by atoms with Gasteiger partial charge in [-0.15, -0.1) is 0 Å². The van der Waals surface area contributed by atoms with E-state index in [0.29, 0.717) is 29.8 Å². The van der Waals surface area contributed by atoms with Crippen LogP contribution < -0.4 is 15.6 Å². The lowest BCUT2D eigenvalue weighted by Crippen LogP contribution is -2.24. The van der Waals surface area contributed by atoms with E-state index in [0.717, 1.165) is 17.7 Å². The number of hydrogen-bond acceptors (Lipinski definition) is 6. The smallest absolute Gasteiger partial charge is 0.416 e. The highest BCUT2D eigenvalue weighted by molar-refractivity contribution is 6.32. The fourth-order valence-electron chi connectivity index (χ4n) is 3.36. The van der Waals surface area contributed by atoms with Gasteiger partial charge in [0.25, 0.3) is 0 Å². The minimum absolute atomic E-state index is 0.103. The second-order valence-corrected chi connectivity index (χ2v) is 7.17. The SMILES string of the molecule is CCOc1ccc(C2NNCC2c2nc(-c3cccc(C(F)(F)F)c3)no2)cc1Cl. The normalized spacial score (nSPS) is 19.2. The van der Waals surface area contributed by atoms with E-state index in [-0.39, 0.29) is 23.3 Å². The molecule has 2 atom stereocenters. The molecule has 1 aromatic heterocycles. The van der Waals surface area contributed by atoms with Crippen molar-refractivity contribution >= 4 is 11.6 Å². The Labute approximate surface area is 175 Å². The average Bonchev–Trinajstić information content (AvgIpc) is 3.38. The van der Waals surface area contributed by atoms with Gasteiger partial charge in [-0.25, -0.2) is 5.43 Å². The van der Waals surface area contributed by atoms with Crippen LogP contribution in [0.25, 0.3) is 11.4 Å². The summed E-state index contributed by atoms with van der Waals surface area (Å²) in [5.74, 6) is 0.780. The van der Waals surface area contributed by atoms with Gasteiger partial charge in [-0.1, -0.05) is 35.0 Å². The summed E-state index contributed by atoms with van der Waals surface area (Å²) in [5.41, 5.74) is 6.56. The minimum atomic E-state index is -4.44. The fourth-order valence-corrected chi connectivity index (χ4v) is 3.61. The molecular formula is C20H18ClF3N4O2. The zero-order valence-electron chi connectivity index (χ0n) is 15.8. The van der Waals surface area contributed by atoms with E-state index in [2.05, 4.69) is 21.0 Å². The van der Waals surface area contributed by atoms with Gasteiger partial charge in [-0.05, 0) is 36.8 Å². The predicted octanol–water partition coefficient (Wildman–Crippen LogP) is 4.74. The number of aromatic nitrogens is 2. The van der Waals surface area contributed by atoms with Gasteiger partial charge < -0.3 is 9.26 Å². The predicted molar refractivity (Wildman–Crippen MR) is 104 cm³/mol. The molecule has 2 unspecified atom stereocenters. The molecule has 0 aliphatic carbocycles. The van der Waals surface area contributed by atoms with Gasteiger partial charge in [-0.2, -0.15) is 18.2 Å². The van der Waals surface area contributed by atoms with Gasteiger partial charge in [0.05, 0.1) is 29.2 Å². The van der Waals surface area contributed by atoms with Crippen LogP contribution in [0.15, 0.2) is 47.0 Å². The molecule has 4 rings (SSSR count). The first-order valence-electron chi connectivity index (χ1n) is 9.28. The highest BCUT2D eigenvalue weighted by Crippen LogP contribution is 2.37. The number of nitrogens with one attached hydrogen (secondary N) is 2. The van der Waals surface area contributed by atoms with Crippen LogP contribution in [0, 0.1) is 0 Å². The summed E-state index contributed by atoms with van der Waals surface area (Å²) < 4.78 is 49.8. The van der Waals surface area contributed by atoms with Gasteiger partial charge in [0.2, 0.25) is 11.7 Å². The van der Waals surface area contributed by atoms with Crippen LogP contribution in [0.5, 0.6) is 5.75 Å². The lowest BCUT2D eigenvalue weighted by atomic mass is 9.95. The summed E-state index contributed by atoms with van der Waals surface area (Å²) >= 11 is 6.30. The Morgan fingerprint density at radius 2 is 2.07 bits per heavy atom. The van der Waals surface area contributed by atoms with Gasteiger partial charge in [-0.3, -0.25) is 5.43 Å². The Bertz CT molecular complexity index is 1040. The molecule has 0 saturated carbocycles. The fraction of sp³-hybridized carbons (Fsp3) is 0.300. The Balaban J connectivity index is 1.59. The lowest BCUT2D eigenvalue weighted by Gasteiger charge is -2.17. The summed E-state index contributed by atoms with van der Waals surface area (Å²) in [6.07, 6.45) is -4.44. The molecule has 10 heteroatoms. The zero-order valence-corrected chi connectivity index (χ0v) is 16.6. The second-order valence-electron chi connectivity index (χ2n) is 6.77. The molecule has 0 spiro atoms. The molecule has 0 radical (unpaired) electrons. The number of alkyl halides is 3. The molecule has 6 nitrogen and oxygen atoms in total. The van der Waals surface area contributed by atoms with Crippen molar-refractivity contribution < 1.29 is 22.4 Å². The van der Waals surface area contributed by atoms with Crippen LogP contribution in [-0.4, -0.2) is 23.3 Å². The van der Waals surface area contributed by atoms with Crippen LogP contribution in [0.4, 0.5) is 13.2 Å². The van der Waals surface area contributed by atoms with E-state index < -0.39 is 11.7 Å². The van der Waals surface area contributed by atoms with Crippen LogP contribution in [0.3, 0.4) is 0 Å². The molecule has 2 heterocycles. The van der Waals surface area contributed by atoms with Crippen LogP contribution >= 0.6 is 11.6 Å². The van der Waals surface area contributed by atoms with Crippen molar-refractivity contribution in [2.75, 3.05) is 13.2 Å². The second kappa shape index (κ2) is 8.25. The number of rotatable bonds is 5. The molecule has 0 amide bonds. The molecule has 3 aromatic rings. The number of benzene rings is 2. The standard InChI is InChI=1S/C20H18ClF3N4O2/c1-2-29-16-7-6-11(9-15(16)21)17-14(10-25-27-17)19-26-18(28-30-19)12-4-3-5-13(8-12)20(22,23)24/h3-9,14,17,25,27H,2,10H2,1H3. The Kier molecular flexibility index (Phi) is 5.68. The third kappa shape index (κ3) is 4.14. The maximum absolute atomic E-state index is 13.0. The van der Waals surface area contributed by atoms with Crippen molar-refractivity contribution in [2.45, 2.75) is 25.1 Å². The van der Waals surface area contributed by atoms with Gasteiger partial charge in [0.1, 0.15) is 5.75 Å². The first kappa shape index (κ1) is 20.6. The van der Waals surface area contributed by atoms with Crippen molar-refractivity contribution in [1.29, 1.82) is 0 Å². The number of ether oxygens (including phenoxy) is 1. The van der Waals surface area contributed by atoms with E-state index in [1.54, 1.807) is 12.1 Å². The monoisotopic (exact) mass is 438 g/mol. The van der Waals surface area contributed by atoms with Gasteiger partial charge in [0.15, 0.2) is 0 Å². The molecule has 158 valence electrons. The van der Waals surface area contributed by atoms with Crippen molar-refractivity contribution in [2.24, 2.45) is 0 Å². The number of hydrogen-bond donors (Lipinski definition) is 2. The average molecular weight is 439 g/mol. The van der Waals surface area contributed by atoms with E-state index in [4.69, 9.17) is 20.9 Å². The number of halogens is 4. The molecule has 1 saturated heterocycles. The largest absolute Gasteiger partial charge is 0.492 e. The molecule has 0 bridgehead atoms. The first-order valence-corrected chi connectivity index (χ1v) is 9.66. The first-order chi connectivity index (χ1) is 14.4. The van der Waals surface area contributed by atoms with Gasteiger partial charge in [0, 0.05) is 12.1 Å². The molecule has 2 N–H and O–H groups in total. The summed E-state index contributed by atoms with van der Waals surface area (Å²) in [7, 11) is 0. The van der Waals surface area contributed by atoms with E-state index >= 15 is 0 Å². The van der Waals surface area contributed by atoms with E-state index in [1.807, 2.05) is 13.0 Å². The lowest BCUT2D eigenvalue weighted by molar-refractivity contribution is -0.137. The van der Waals surface area contributed by atoms with Crippen LogP contribution in [0.1, 0.15) is 35.9 Å². The van der Waals surface area contributed by atoms with Gasteiger partial charge >= 0.3 is 6.18 Å². The number of hydrazine groups is 1. The Morgan fingerprint density at radius 3 is 2.80 bits per heavy atom. The number of nitrogens with zero attached hydrogens (tertiary/aromatic N) is 2. The van der Waals surface area contributed by atoms with Crippen LogP contribution in [-0.2, 0) is 6.18 Å². The van der Waals surface area contributed by atoms with Crippen molar-refractivity contribution in [3.63, 3.8) is 0 Å². The van der Waals surface area contributed by atoms with E-state index in [1.165, 1.54) is 12.1 Å². The van der Waals surface area contributed by atoms with Crippen LogP contribution in [0.2, 0.25) is 5.02 Å². The van der Waals surface area contributed by atoms with E-state index in [9.17, 15) is 13.2 Å². The summed E-state index contributed by atoms with van der Waals surface area (Å²) in [5, 5.41) is 4.37. The van der Waals surface area contributed by atoms with Crippen molar-refractivity contribution in [3.05, 3.63) is 64.5 Å².